The molecule has 0 aromatic carbocycles. The molecule has 0 saturated heterocycles. The predicted octanol–water partition coefficient (Wildman–Crippen LogP) is -1.60. The van der Waals surface area contributed by atoms with Gasteiger partial charge in [0.25, 0.3) is 0 Å². The maximum atomic E-state index is 13.7. The van der Waals surface area contributed by atoms with E-state index in [0.29, 0.717) is 6.42 Å². The number of nitrogens with one attached hydrogen (secondary N) is 3. The Balaban J connectivity index is 7.01. The van der Waals surface area contributed by atoms with Gasteiger partial charge in [0.05, 0.1) is 31.0 Å². The summed E-state index contributed by atoms with van der Waals surface area (Å²) in [6.45, 7) is 8.72. The van der Waals surface area contributed by atoms with Crippen molar-refractivity contribution in [2.45, 2.75) is 95.7 Å². The van der Waals surface area contributed by atoms with Crippen molar-refractivity contribution >= 4 is 34.9 Å². The van der Waals surface area contributed by atoms with E-state index in [0.717, 1.165) is 6.92 Å². The van der Waals surface area contributed by atoms with Gasteiger partial charge in [-0.25, -0.2) is 4.79 Å². The SMILES string of the molecule is CCC(C)[C@H](NC)C(=O)C(O)(CC(=O)C(C)(O)C(=O)[C@H](C)NC)C(=O)C(O)(CC(=O)[C@@H](NC)C(C)C)C(=O)O. The number of ketones is 5. The standard InChI is InChI=1S/C26H45N3O10/c1-10-14(4)19(29-9)21(33)25(38,12-17(31)24(6,37)20(32)15(5)27-7)22(34)26(39,23(35)36)11-16(30)18(28-8)13(2)3/h13-15,18-19,27-29,37-39H,10-12H2,1-9H3,(H,35,36)/t14?,15-,18-,19-,24?,25?,26?/m0/s1. The number of aliphatic carboxylic acids is 1. The Labute approximate surface area is 229 Å². The normalized spacial score (nSPS) is 19.5. The quantitative estimate of drug-likeness (QED) is 0.0887. The lowest BCUT2D eigenvalue weighted by molar-refractivity contribution is -0.181. The Hall–Kier alpha value is -2.42. The number of carboxylic acid groups (broad SMARTS) is 1. The van der Waals surface area contributed by atoms with Gasteiger partial charge in [-0.3, -0.25) is 24.0 Å². The van der Waals surface area contributed by atoms with Crippen molar-refractivity contribution in [3.8, 4) is 0 Å². The van der Waals surface area contributed by atoms with Gasteiger partial charge in [0.2, 0.25) is 11.4 Å². The van der Waals surface area contributed by atoms with E-state index in [1.807, 2.05) is 0 Å². The van der Waals surface area contributed by atoms with Crippen LogP contribution >= 0.6 is 0 Å². The minimum absolute atomic E-state index is 0.352. The van der Waals surface area contributed by atoms with E-state index in [1.165, 1.54) is 28.1 Å². The van der Waals surface area contributed by atoms with E-state index in [1.54, 1.807) is 27.7 Å². The summed E-state index contributed by atoms with van der Waals surface area (Å²) >= 11 is 0. The minimum atomic E-state index is -3.62. The Bertz CT molecular complexity index is 950. The van der Waals surface area contributed by atoms with Crippen LogP contribution in [-0.4, -0.2) is 111 Å². The lowest BCUT2D eigenvalue weighted by Crippen LogP contribution is -2.67. The molecular weight excluding hydrogens is 514 g/mol. The Morgan fingerprint density at radius 3 is 1.59 bits per heavy atom. The number of rotatable bonds is 19. The van der Waals surface area contributed by atoms with Gasteiger partial charge in [-0.15, -0.1) is 0 Å². The van der Waals surface area contributed by atoms with Crippen LogP contribution in [0.15, 0.2) is 0 Å². The highest BCUT2D eigenvalue weighted by Crippen LogP contribution is 2.31. The van der Waals surface area contributed by atoms with Crippen LogP contribution in [-0.2, 0) is 28.8 Å². The first-order valence-electron chi connectivity index (χ1n) is 12.9. The van der Waals surface area contributed by atoms with E-state index < -0.39 is 88.6 Å². The van der Waals surface area contributed by atoms with Crippen LogP contribution in [0.5, 0.6) is 0 Å². The first-order chi connectivity index (χ1) is 17.7. The second kappa shape index (κ2) is 14.3. The maximum absolute atomic E-state index is 13.7. The van der Waals surface area contributed by atoms with E-state index in [9.17, 15) is 49.2 Å². The van der Waals surface area contributed by atoms with Crippen LogP contribution in [0.1, 0.15) is 60.8 Å². The van der Waals surface area contributed by atoms with E-state index in [2.05, 4.69) is 16.0 Å². The first-order valence-corrected chi connectivity index (χ1v) is 12.9. The first kappa shape index (κ1) is 36.6. The summed E-state index contributed by atoms with van der Waals surface area (Å²) in [6.07, 6.45) is -2.50. The molecule has 0 saturated carbocycles. The average molecular weight is 560 g/mol. The van der Waals surface area contributed by atoms with Gasteiger partial charge in [0.15, 0.2) is 34.3 Å². The Morgan fingerprint density at radius 1 is 0.744 bits per heavy atom. The van der Waals surface area contributed by atoms with Gasteiger partial charge in [0.1, 0.15) is 0 Å². The van der Waals surface area contributed by atoms with E-state index in [-0.39, 0.29) is 5.92 Å². The van der Waals surface area contributed by atoms with Crippen LogP contribution in [0, 0.1) is 11.8 Å². The molecule has 13 nitrogen and oxygen atoms in total. The molecule has 0 aromatic heterocycles. The molecule has 0 bridgehead atoms. The molecule has 0 fully saturated rings. The molecule has 0 aliphatic rings. The van der Waals surface area contributed by atoms with Gasteiger partial charge in [-0.2, -0.15) is 0 Å². The topological polar surface area (TPSA) is 219 Å². The van der Waals surface area contributed by atoms with Crippen LogP contribution in [0.3, 0.4) is 0 Å². The summed E-state index contributed by atoms with van der Waals surface area (Å²) in [5, 5.41) is 51.0. The van der Waals surface area contributed by atoms with Crippen molar-refractivity contribution in [1.29, 1.82) is 0 Å². The molecular formula is C26H45N3O10. The third-order valence-corrected chi connectivity index (χ3v) is 7.34. The number of carboxylic acids is 1. The van der Waals surface area contributed by atoms with Crippen molar-refractivity contribution in [3.63, 3.8) is 0 Å². The zero-order chi connectivity index (χ0) is 31.1. The van der Waals surface area contributed by atoms with Crippen molar-refractivity contribution in [3.05, 3.63) is 0 Å². The summed E-state index contributed by atoms with van der Waals surface area (Å²) in [5.41, 5.74) is -9.94. The molecule has 13 heteroatoms. The number of hydrogen-bond acceptors (Lipinski definition) is 12. The summed E-state index contributed by atoms with van der Waals surface area (Å²) in [4.78, 5) is 78.3. The second-order valence-corrected chi connectivity index (χ2v) is 10.6. The summed E-state index contributed by atoms with van der Waals surface area (Å²) in [7, 11) is 4.14. The zero-order valence-corrected chi connectivity index (χ0v) is 24.2. The largest absolute Gasteiger partial charge is 0.479 e. The molecule has 0 rings (SSSR count). The van der Waals surface area contributed by atoms with Crippen LogP contribution in [0.4, 0.5) is 0 Å². The number of Topliss-reactive ketones (excluding diaryl/α,β-unsaturated/α-hetero) is 5. The smallest absolute Gasteiger partial charge is 0.344 e. The van der Waals surface area contributed by atoms with Gasteiger partial charge < -0.3 is 36.4 Å². The summed E-state index contributed by atoms with van der Waals surface area (Å²) < 4.78 is 0. The molecule has 0 aromatic rings. The van der Waals surface area contributed by atoms with Crippen molar-refractivity contribution < 1.29 is 49.2 Å². The maximum Gasteiger partial charge on any atom is 0.344 e. The van der Waals surface area contributed by atoms with Crippen molar-refractivity contribution in [2.24, 2.45) is 11.8 Å². The number of hydrogen-bond donors (Lipinski definition) is 7. The van der Waals surface area contributed by atoms with Gasteiger partial charge >= 0.3 is 5.97 Å². The van der Waals surface area contributed by atoms with Gasteiger partial charge in [0, 0.05) is 0 Å². The second-order valence-electron chi connectivity index (χ2n) is 10.6. The minimum Gasteiger partial charge on any atom is -0.479 e. The highest BCUT2D eigenvalue weighted by atomic mass is 16.4. The fourth-order valence-electron chi connectivity index (χ4n) is 4.36. The fraction of sp³-hybridized carbons (Fsp3) is 0.769. The highest BCUT2D eigenvalue weighted by molar-refractivity contribution is 6.25. The van der Waals surface area contributed by atoms with Gasteiger partial charge in [-0.05, 0) is 46.8 Å². The molecule has 0 aliphatic heterocycles. The predicted molar refractivity (Wildman–Crippen MR) is 141 cm³/mol. The molecule has 0 heterocycles. The lowest BCUT2D eigenvalue weighted by atomic mass is 9.71. The van der Waals surface area contributed by atoms with E-state index >= 15 is 0 Å². The highest BCUT2D eigenvalue weighted by Gasteiger charge is 2.61. The van der Waals surface area contributed by atoms with Crippen molar-refractivity contribution in [1.82, 2.24) is 16.0 Å². The Kier molecular flexibility index (Phi) is 13.4. The number of carbonyl (C=O) groups excluding carboxylic acids is 5. The number of carbonyl (C=O) groups is 6. The number of likely N-dealkylation sites (N-methyl/N-ethyl adjacent to an activating group) is 3. The third-order valence-electron chi connectivity index (χ3n) is 7.34. The summed E-state index contributed by atoms with van der Waals surface area (Å²) in [5.74, 6) is -9.94. The molecule has 0 spiro atoms. The summed E-state index contributed by atoms with van der Waals surface area (Å²) in [6, 6.07) is -3.33. The van der Waals surface area contributed by atoms with Crippen LogP contribution in [0.25, 0.3) is 0 Å². The molecule has 7 N–H and O–H groups in total. The molecule has 39 heavy (non-hydrogen) atoms. The average Bonchev–Trinajstić information content (AvgIpc) is 2.86. The molecule has 4 unspecified atom stereocenters. The molecule has 0 amide bonds. The molecule has 7 atom stereocenters. The monoisotopic (exact) mass is 559 g/mol. The fourth-order valence-corrected chi connectivity index (χ4v) is 4.36. The Morgan fingerprint density at radius 2 is 1.23 bits per heavy atom. The van der Waals surface area contributed by atoms with Gasteiger partial charge in [-0.1, -0.05) is 34.1 Å². The van der Waals surface area contributed by atoms with E-state index in [4.69, 9.17) is 0 Å². The molecule has 0 radical (unpaired) electrons. The van der Waals surface area contributed by atoms with Crippen LogP contribution in [0.2, 0.25) is 0 Å². The lowest BCUT2D eigenvalue weighted by Gasteiger charge is -2.37. The number of aliphatic hydroxyl groups is 3. The molecule has 224 valence electrons. The van der Waals surface area contributed by atoms with Crippen LogP contribution < -0.4 is 16.0 Å². The zero-order valence-electron chi connectivity index (χ0n) is 24.2. The van der Waals surface area contributed by atoms with Crippen molar-refractivity contribution in [2.75, 3.05) is 21.1 Å². The third kappa shape index (κ3) is 7.83. The molecule has 0 aliphatic carbocycles.